The maximum absolute atomic E-state index is 13.6. The average Bonchev–Trinajstić information content (AvgIpc) is 3.42. The second kappa shape index (κ2) is 8.68. The number of carbonyl (C=O) groups is 3. The van der Waals surface area contributed by atoms with E-state index in [2.05, 4.69) is 15.6 Å². The smallest absolute Gasteiger partial charge is 0.274 e. The number of aromatic nitrogens is 2. The van der Waals surface area contributed by atoms with Crippen LogP contribution < -0.4 is 10.6 Å². The number of halogens is 1. The lowest BCUT2D eigenvalue weighted by Crippen LogP contribution is -2.64. The van der Waals surface area contributed by atoms with Crippen molar-refractivity contribution in [2.24, 2.45) is 0 Å². The molecule has 182 valence electrons. The number of rotatable bonds is 7. The number of hydrogen-bond donors (Lipinski definition) is 2. The van der Waals surface area contributed by atoms with Crippen molar-refractivity contribution in [3.05, 3.63) is 77.0 Å². The van der Waals surface area contributed by atoms with Crippen LogP contribution in [0, 0.1) is 12.7 Å². The summed E-state index contributed by atoms with van der Waals surface area (Å²) >= 11 is 0. The fraction of sp³-hybridized carbons (Fsp3) is 0.360. The first-order valence-electron chi connectivity index (χ1n) is 11.5. The summed E-state index contributed by atoms with van der Waals surface area (Å²) in [5.41, 5.74) is -0.213. The Kier molecular flexibility index (Phi) is 5.66. The van der Waals surface area contributed by atoms with E-state index in [0.29, 0.717) is 5.76 Å². The molecular formula is C25H26FN5O4. The highest BCUT2D eigenvalue weighted by Gasteiger charge is 2.53. The molecule has 2 N–H and O–H groups in total. The second-order valence-electron chi connectivity index (χ2n) is 9.25. The topological polar surface area (TPSA) is 109 Å². The summed E-state index contributed by atoms with van der Waals surface area (Å²) in [5.74, 6) is -0.214. The summed E-state index contributed by atoms with van der Waals surface area (Å²) in [6.45, 7) is 4.08. The molecule has 1 fully saturated rings. The average molecular weight is 480 g/mol. The molecule has 2 aromatic heterocycles. The van der Waals surface area contributed by atoms with Gasteiger partial charge in [0, 0.05) is 12.6 Å². The molecule has 1 aliphatic heterocycles. The van der Waals surface area contributed by atoms with Crippen molar-refractivity contribution in [3.63, 3.8) is 0 Å². The van der Waals surface area contributed by atoms with Gasteiger partial charge in [0.2, 0.25) is 5.91 Å². The van der Waals surface area contributed by atoms with Gasteiger partial charge in [0.25, 0.3) is 11.8 Å². The molecule has 9 nitrogen and oxygen atoms in total. The van der Waals surface area contributed by atoms with Gasteiger partial charge < -0.3 is 24.5 Å². The highest BCUT2D eigenvalue weighted by atomic mass is 19.1. The predicted molar refractivity (Wildman–Crippen MR) is 123 cm³/mol. The Labute approximate surface area is 201 Å². The van der Waals surface area contributed by atoms with Crippen LogP contribution in [0.5, 0.6) is 0 Å². The molecular weight excluding hydrogens is 453 g/mol. The molecule has 1 aliphatic carbocycles. The van der Waals surface area contributed by atoms with Crippen LogP contribution in [0.1, 0.15) is 57.8 Å². The molecule has 35 heavy (non-hydrogen) atoms. The molecule has 0 radical (unpaired) electrons. The molecule has 0 bridgehead atoms. The third-order valence-corrected chi connectivity index (χ3v) is 6.47. The largest absolute Gasteiger partial charge is 0.465 e. The van der Waals surface area contributed by atoms with E-state index in [0.717, 1.165) is 24.2 Å². The summed E-state index contributed by atoms with van der Waals surface area (Å²) in [4.78, 5) is 45.7. The standard InChI is InChI=1S/C25H26FN5O4/c1-15-3-10-19(35-15)12-27-22(32)20-21-23(33)31(18-8-9-18)25(2,13-30(21)14-29-20)24(34)28-11-16-4-6-17(26)7-5-16/h3-7,10,14,18H,8-9,11-13H2,1-2H3,(H,27,32)(H,28,34). The maximum Gasteiger partial charge on any atom is 0.274 e. The number of nitrogens with zero attached hydrogens (tertiary/aromatic N) is 3. The van der Waals surface area contributed by atoms with E-state index in [1.54, 1.807) is 40.7 Å². The molecule has 5 rings (SSSR count). The zero-order chi connectivity index (χ0) is 24.7. The summed E-state index contributed by atoms with van der Waals surface area (Å²) in [7, 11) is 0. The van der Waals surface area contributed by atoms with Gasteiger partial charge in [0.05, 0.1) is 19.4 Å². The van der Waals surface area contributed by atoms with Crippen LogP contribution >= 0.6 is 0 Å². The molecule has 10 heteroatoms. The van der Waals surface area contributed by atoms with Gasteiger partial charge in [-0.25, -0.2) is 9.37 Å². The highest BCUT2D eigenvalue weighted by Crippen LogP contribution is 2.38. The van der Waals surface area contributed by atoms with Crippen LogP contribution in [0.3, 0.4) is 0 Å². The fourth-order valence-electron chi connectivity index (χ4n) is 4.53. The lowest BCUT2D eigenvalue weighted by atomic mass is 9.93. The first kappa shape index (κ1) is 22.8. The number of hydrogen-bond acceptors (Lipinski definition) is 5. The number of fused-ring (bicyclic) bond motifs is 1. The summed E-state index contributed by atoms with van der Waals surface area (Å²) in [5, 5.41) is 5.63. The van der Waals surface area contributed by atoms with Gasteiger partial charge in [-0.3, -0.25) is 14.4 Å². The monoisotopic (exact) mass is 479 g/mol. The van der Waals surface area contributed by atoms with E-state index < -0.39 is 17.4 Å². The number of aryl methyl sites for hydroxylation is 1. The summed E-state index contributed by atoms with van der Waals surface area (Å²) < 4.78 is 20.2. The van der Waals surface area contributed by atoms with Gasteiger partial charge >= 0.3 is 0 Å². The third-order valence-electron chi connectivity index (χ3n) is 6.47. The number of carbonyl (C=O) groups excluding carboxylic acids is 3. The molecule has 1 atom stereocenters. The SMILES string of the molecule is Cc1ccc(CNC(=O)c2ncn3c2C(=O)N(C2CC2)C(C)(C(=O)NCc2ccc(F)cc2)C3)o1. The Balaban J connectivity index is 1.36. The lowest BCUT2D eigenvalue weighted by Gasteiger charge is -2.44. The van der Waals surface area contributed by atoms with E-state index in [-0.39, 0.29) is 48.8 Å². The predicted octanol–water partition coefficient (Wildman–Crippen LogP) is 2.55. The van der Waals surface area contributed by atoms with Crippen LogP contribution in [-0.4, -0.2) is 43.8 Å². The molecule has 3 amide bonds. The third kappa shape index (κ3) is 4.31. The first-order chi connectivity index (χ1) is 16.8. The Morgan fingerprint density at radius 1 is 1.14 bits per heavy atom. The molecule has 1 saturated carbocycles. The lowest BCUT2D eigenvalue weighted by molar-refractivity contribution is -0.133. The minimum Gasteiger partial charge on any atom is -0.465 e. The van der Waals surface area contributed by atoms with E-state index in [9.17, 15) is 18.8 Å². The van der Waals surface area contributed by atoms with E-state index in [1.165, 1.54) is 18.5 Å². The van der Waals surface area contributed by atoms with Gasteiger partial charge in [0.1, 0.15) is 28.6 Å². The van der Waals surface area contributed by atoms with Crippen molar-refractivity contribution in [3.8, 4) is 0 Å². The quantitative estimate of drug-likeness (QED) is 0.541. The van der Waals surface area contributed by atoms with Crippen LogP contribution in [0.4, 0.5) is 4.39 Å². The van der Waals surface area contributed by atoms with Crippen LogP contribution in [0.2, 0.25) is 0 Å². The molecule has 3 aromatic rings. The molecule has 0 saturated heterocycles. The van der Waals surface area contributed by atoms with Gasteiger partial charge in [-0.2, -0.15) is 0 Å². The molecule has 2 aliphatic rings. The summed E-state index contributed by atoms with van der Waals surface area (Å²) in [6, 6.07) is 9.38. The van der Waals surface area contributed by atoms with Crippen molar-refractivity contribution < 1.29 is 23.2 Å². The molecule has 0 spiro atoms. The van der Waals surface area contributed by atoms with E-state index >= 15 is 0 Å². The van der Waals surface area contributed by atoms with Crippen LogP contribution in [0.25, 0.3) is 0 Å². The van der Waals surface area contributed by atoms with Gasteiger partial charge in [-0.1, -0.05) is 12.1 Å². The van der Waals surface area contributed by atoms with E-state index in [4.69, 9.17) is 4.42 Å². The Morgan fingerprint density at radius 3 is 2.54 bits per heavy atom. The number of amides is 3. The Morgan fingerprint density at radius 2 is 1.89 bits per heavy atom. The van der Waals surface area contributed by atoms with Crippen LogP contribution in [-0.2, 0) is 24.4 Å². The van der Waals surface area contributed by atoms with Crippen molar-refractivity contribution in [2.75, 3.05) is 0 Å². The molecule has 1 unspecified atom stereocenters. The van der Waals surface area contributed by atoms with Gasteiger partial charge in [0.15, 0.2) is 5.69 Å². The molecule has 1 aromatic carbocycles. The zero-order valence-corrected chi connectivity index (χ0v) is 19.5. The number of furan rings is 1. The fourth-order valence-corrected chi connectivity index (χ4v) is 4.53. The maximum atomic E-state index is 13.6. The van der Waals surface area contributed by atoms with Crippen molar-refractivity contribution >= 4 is 17.7 Å². The second-order valence-corrected chi connectivity index (χ2v) is 9.25. The van der Waals surface area contributed by atoms with Crippen LogP contribution in [0.15, 0.2) is 47.1 Å². The normalized spacial score (nSPS) is 19.4. The minimum atomic E-state index is -1.16. The van der Waals surface area contributed by atoms with Gasteiger partial charge in [-0.05, 0) is 56.5 Å². The number of benzene rings is 1. The molecule has 3 heterocycles. The van der Waals surface area contributed by atoms with Crippen molar-refractivity contribution in [1.82, 2.24) is 25.1 Å². The van der Waals surface area contributed by atoms with Crippen molar-refractivity contribution in [1.29, 1.82) is 0 Å². The minimum absolute atomic E-state index is 0.0256. The highest BCUT2D eigenvalue weighted by molar-refractivity contribution is 6.07. The van der Waals surface area contributed by atoms with E-state index in [1.807, 2.05) is 6.92 Å². The number of imidazole rings is 1. The van der Waals surface area contributed by atoms with Gasteiger partial charge in [-0.15, -0.1) is 0 Å². The Hall–Kier alpha value is -3.95. The first-order valence-corrected chi connectivity index (χ1v) is 11.5. The van der Waals surface area contributed by atoms with Crippen molar-refractivity contribution in [2.45, 2.75) is 57.9 Å². The zero-order valence-electron chi connectivity index (χ0n) is 19.5. The Bertz CT molecular complexity index is 1290. The summed E-state index contributed by atoms with van der Waals surface area (Å²) in [6.07, 6.45) is 3.01. The number of nitrogens with one attached hydrogen (secondary N) is 2.